The number of methoxy groups -OCH3 is 1. The number of amides is 2. The number of nitrogens with zero attached hydrogens (tertiary/aromatic N) is 2. The number of carbonyl (C=O) groups excluding carboxylic acids is 1. The van der Waals surface area contributed by atoms with Gasteiger partial charge in [0.15, 0.2) is 11.5 Å². The van der Waals surface area contributed by atoms with Gasteiger partial charge in [-0.15, -0.1) is 0 Å². The van der Waals surface area contributed by atoms with E-state index in [0.717, 1.165) is 24.8 Å². The van der Waals surface area contributed by atoms with Crippen LogP contribution in [0.2, 0.25) is 0 Å². The average molecular weight is 345 g/mol. The highest BCUT2D eigenvalue weighted by atomic mass is 16.5. The summed E-state index contributed by atoms with van der Waals surface area (Å²) in [5.74, 6) is 1.45. The van der Waals surface area contributed by atoms with Gasteiger partial charge in [0.25, 0.3) is 0 Å². The molecular formula is C19H27N3O3. The minimum atomic E-state index is -0.143. The zero-order valence-electron chi connectivity index (χ0n) is 15.2. The average Bonchev–Trinajstić information content (AvgIpc) is 2.66. The molecule has 1 aromatic carbocycles. The molecular weight excluding hydrogens is 318 g/mol. The SMILES string of the molecule is CCCOc1ccc([C@H](C)NC(=O)N2CCC(C#N)CC2)cc1OC. The van der Waals surface area contributed by atoms with Crippen molar-refractivity contribution in [3.63, 3.8) is 0 Å². The van der Waals surface area contributed by atoms with Crippen LogP contribution in [-0.2, 0) is 0 Å². The van der Waals surface area contributed by atoms with Crippen LogP contribution >= 0.6 is 0 Å². The summed E-state index contributed by atoms with van der Waals surface area (Å²) < 4.78 is 11.1. The van der Waals surface area contributed by atoms with E-state index in [1.165, 1.54) is 0 Å². The highest BCUT2D eigenvalue weighted by Gasteiger charge is 2.23. The molecule has 1 atom stereocenters. The number of rotatable bonds is 6. The van der Waals surface area contributed by atoms with Crippen LogP contribution < -0.4 is 14.8 Å². The summed E-state index contributed by atoms with van der Waals surface area (Å²) in [4.78, 5) is 14.2. The van der Waals surface area contributed by atoms with Crippen molar-refractivity contribution in [3.05, 3.63) is 23.8 Å². The highest BCUT2D eigenvalue weighted by molar-refractivity contribution is 5.74. The van der Waals surface area contributed by atoms with Gasteiger partial charge in [0, 0.05) is 19.0 Å². The molecule has 0 aliphatic carbocycles. The van der Waals surface area contributed by atoms with E-state index < -0.39 is 0 Å². The largest absolute Gasteiger partial charge is 0.493 e. The Morgan fingerprint density at radius 1 is 1.40 bits per heavy atom. The van der Waals surface area contributed by atoms with Crippen molar-refractivity contribution in [2.24, 2.45) is 5.92 Å². The van der Waals surface area contributed by atoms with Crippen LogP contribution in [0.25, 0.3) is 0 Å². The van der Waals surface area contributed by atoms with Gasteiger partial charge in [-0.25, -0.2) is 4.79 Å². The Hall–Kier alpha value is -2.42. The Kier molecular flexibility index (Phi) is 6.93. The number of hydrogen-bond acceptors (Lipinski definition) is 4. The molecule has 0 bridgehead atoms. The van der Waals surface area contributed by atoms with Crippen molar-refractivity contribution in [1.82, 2.24) is 10.2 Å². The van der Waals surface area contributed by atoms with E-state index >= 15 is 0 Å². The van der Waals surface area contributed by atoms with Gasteiger partial charge in [0.2, 0.25) is 0 Å². The normalized spacial score (nSPS) is 16.0. The third kappa shape index (κ3) is 5.02. The fourth-order valence-corrected chi connectivity index (χ4v) is 2.86. The molecule has 136 valence electrons. The van der Waals surface area contributed by atoms with Crippen LogP contribution in [0.5, 0.6) is 11.5 Å². The first kappa shape index (κ1) is 18.9. The van der Waals surface area contributed by atoms with E-state index in [-0.39, 0.29) is 18.0 Å². The van der Waals surface area contributed by atoms with Crippen LogP contribution in [0.3, 0.4) is 0 Å². The van der Waals surface area contributed by atoms with Gasteiger partial charge in [0.05, 0.1) is 25.8 Å². The smallest absolute Gasteiger partial charge is 0.317 e. The zero-order valence-corrected chi connectivity index (χ0v) is 15.2. The van der Waals surface area contributed by atoms with Gasteiger partial charge >= 0.3 is 6.03 Å². The van der Waals surface area contributed by atoms with Crippen molar-refractivity contribution in [3.8, 4) is 17.6 Å². The number of likely N-dealkylation sites (tertiary alicyclic amines) is 1. The summed E-state index contributed by atoms with van der Waals surface area (Å²) in [5.41, 5.74) is 0.959. The van der Waals surface area contributed by atoms with Gasteiger partial charge in [-0.2, -0.15) is 5.26 Å². The first-order chi connectivity index (χ1) is 12.1. The van der Waals surface area contributed by atoms with Crippen molar-refractivity contribution in [1.29, 1.82) is 5.26 Å². The monoisotopic (exact) mass is 345 g/mol. The summed E-state index contributed by atoms with van der Waals surface area (Å²) in [7, 11) is 1.61. The summed E-state index contributed by atoms with van der Waals surface area (Å²) >= 11 is 0. The molecule has 2 amide bonds. The molecule has 1 aliphatic rings. The van der Waals surface area contributed by atoms with E-state index in [0.29, 0.717) is 31.2 Å². The Balaban J connectivity index is 1.97. The molecule has 1 N–H and O–H groups in total. The fraction of sp³-hybridized carbons (Fsp3) is 0.579. The van der Waals surface area contributed by atoms with Crippen molar-refractivity contribution in [2.45, 2.75) is 39.2 Å². The first-order valence-corrected chi connectivity index (χ1v) is 8.84. The lowest BCUT2D eigenvalue weighted by Crippen LogP contribution is -2.45. The fourth-order valence-electron chi connectivity index (χ4n) is 2.86. The van der Waals surface area contributed by atoms with Crippen LogP contribution in [0.15, 0.2) is 18.2 Å². The molecule has 6 nitrogen and oxygen atoms in total. The minimum absolute atomic E-state index is 0.0707. The van der Waals surface area contributed by atoms with E-state index in [1.807, 2.05) is 25.1 Å². The van der Waals surface area contributed by atoms with E-state index in [1.54, 1.807) is 12.0 Å². The Morgan fingerprint density at radius 3 is 2.72 bits per heavy atom. The number of ether oxygens (including phenoxy) is 2. The maximum absolute atomic E-state index is 12.4. The second-order valence-corrected chi connectivity index (χ2v) is 6.32. The number of nitrogens with one attached hydrogen (secondary N) is 1. The number of piperidine rings is 1. The summed E-state index contributed by atoms with van der Waals surface area (Å²) in [6, 6.07) is 7.77. The summed E-state index contributed by atoms with van der Waals surface area (Å²) in [5, 5.41) is 12.0. The predicted molar refractivity (Wildman–Crippen MR) is 95.6 cm³/mol. The van der Waals surface area contributed by atoms with Crippen molar-refractivity contribution < 1.29 is 14.3 Å². The molecule has 1 saturated heterocycles. The number of benzene rings is 1. The van der Waals surface area contributed by atoms with Crippen molar-refractivity contribution in [2.75, 3.05) is 26.8 Å². The molecule has 1 aliphatic heterocycles. The molecule has 1 heterocycles. The molecule has 1 aromatic rings. The van der Waals surface area contributed by atoms with Crippen LogP contribution in [-0.4, -0.2) is 37.7 Å². The van der Waals surface area contributed by atoms with E-state index in [4.69, 9.17) is 14.7 Å². The second-order valence-electron chi connectivity index (χ2n) is 6.32. The quantitative estimate of drug-likeness (QED) is 0.856. The molecule has 0 spiro atoms. The highest BCUT2D eigenvalue weighted by Crippen LogP contribution is 2.30. The first-order valence-electron chi connectivity index (χ1n) is 8.84. The van der Waals surface area contributed by atoms with Crippen LogP contribution in [0.1, 0.15) is 44.7 Å². The van der Waals surface area contributed by atoms with Gasteiger partial charge in [0.1, 0.15) is 0 Å². The lowest BCUT2D eigenvalue weighted by molar-refractivity contribution is 0.176. The molecule has 25 heavy (non-hydrogen) atoms. The second kappa shape index (κ2) is 9.16. The summed E-state index contributed by atoms with van der Waals surface area (Å²) in [6.45, 7) is 5.90. The molecule has 6 heteroatoms. The Morgan fingerprint density at radius 2 is 2.12 bits per heavy atom. The van der Waals surface area contributed by atoms with Crippen molar-refractivity contribution >= 4 is 6.03 Å². The lowest BCUT2D eigenvalue weighted by atomic mass is 9.99. The standard InChI is InChI=1S/C19H27N3O3/c1-4-11-25-17-6-5-16(12-18(17)24-3)14(2)21-19(23)22-9-7-15(13-20)8-10-22/h5-6,12,14-15H,4,7-11H2,1-3H3,(H,21,23)/t14-/m0/s1. The Labute approximate surface area is 149 Å². The molecule has 0 saturated carbocycles. The molecule has 0 radical (unpaired) electrons. The third-order valence-electron chi connectivity index (χ3n) is 4.45. The lowest BCUT2D eigenvalue weighted by Gasteiger charge is -2.30. The summed E-state index contributed by atoms with van der Waals surface area (Å²) in [6.07, 6.45) is 2.42. The molecule has 0 unspecified atom stereocenters. The number of hydrogen-bond donors (Lipinski definition) is 1. The maximum Gasteiger partial charge on any atom is 0.317 e. The molecule has 1 fully saturated rings. The topological polar surface area (TPSA) is 74.6 Å². The van der Waals surface area contributed by atoms with Gasteiger partial charge in [-0.3, -0.25) is 0 Å². The third-order valence-corrected chi connectivity index (χ3v) is 4.45. The van der Waals surface area contributed by atoms with Gasteiger partial charge in [-0.05, 0) is 43.9 Å². The zero-order chi connectivity index (χ0) is 18.2. The molecule has 2 rings (SSSR count). The van der Waals surface area contributed by atoms with Crippen LogP contribution in [0.4, 0.5) is 4.79 Å². The van der Waals surface area contributed by atoms with Gasteiger partial charge < -0.3 is 19.7 Å². The predicted octanol–water partition coefficient (Wildman–Crippen LogP) is 3.49. The number of carbonyl (C=O) groups is 1. The minimum Gasteiger partial charge on any atom is -0.493 e. The van der Waals surface area contributed by atoms with Gasteiger partial charge in [-0.1, -0.05) is 13.0 Å². The Bertz CT molecular complexity index is 619. The number of urea groups is 1. The molecule has 0 aromatic heterocycles. The van der Waals surface area contributed by atoms with E-state index in [2.05, 4.69) is 18.3 Å². The van der Waals surface area contributed by atoms with E-state index in [9.17, 15) is 4.79 Å². The number of nitriles is 1. The maximum atomic E-state index is 12.4. The van der Waals surface area contributed by atoms with Crippen LogP contribution in [0, 0.1) is 17.2 Å².